The number of rotatable bonds is 2. The molecule has 1 atom stereocenters. The summed E-state index contributed by atoms with van der Waals surface area (Å²) in [6, 6.07) is 0. The van der Waals surface area contributed by atoms with Gasteiger partial charge >= 0.3 is 5.97 Å². The van der Waals surface area contributed by atoms with Crippen LogP contribution < -0.4 is 0 Å². The first-order valence-electron chi connectivity index (χ1n) is 6.85. The van der Waals surface area contributed by atoms with Crippen molar-refractivity contribution < 1.29 is 33.2 Å². The van der Waals surface area contributed by atoms with Crippen LogP contribution in [0.25, 0.3) is 0 Å². The smallest absolute Gasteiger partial charge is 0.302 e. The number of carbonyl (C=O) groups is 1. The van der Waals surface area contributed by atoms with Crippen molar-refractivity contribution in [1.82, 2.24) is 0 Å². The second kappa shape index (κ2) is 12.0. The predicted molar refractivity (Wildman–Crippen MR) is 69.6 cm³/mol. The van der Waals surface area contributed by atoms with Crippen molar-refractivity contribution >= 4 is 5.97 Å². The second-order valence-corrected chi connectivity index (χ2v) is 4.21. The van der Waals surface area contributed by atoms with Crippen molar-refractivity contribution in [2.75, 3.05) is 66.1 Å². The fourth-order valence-corrected chi connectivity index (χ4v) is 1.50. The minimum Gasteiger partial charge on any atom is -0.463 e. The summed E-state index contributed by atoms with van der Waals surface area (Å²) in [7, 11) is 0. The maximum atomic E-state index is 10.8. The lowest BCUT2D eigenvalue weighted by atomic mass is 10.4. The van der Waals surface area contributed by atoms with E-state index < -0.39 is 0 Å². The molecule has 0 aromatic carbocycles. The van der Waals surface area contributed by atoms with Gasteiger partial charge in [0.05, 0.1) is 59.5 Å². The molecule has 1 saturated heterocycles. The van der Waals surface area contributed by atoms with E-state index in [0.717, 1.165) is 0 Å². The zero-order chi connectivity index (χ0) is 14.5. The molecule has 1 aliphatic rings. The summed E-state index contributed by atoms with van der Waals surface area (Å²) in [4.78, 5) is 10.8. The standard InChI is InChI=1S/C13H24O7/c1-12(14)20-11-13-10-18-7-6-16-3-2-15-4-5-17-8-9-19-13/h13H,2-11H2,1H3. The van der Waals surface area contributed by atoms with Gasteiger partial charge in [-0.15, -0.1) is 0 Å². The number of esters is 1. The van der Waals surface area contributed by atoms with Crippen molar-refractivity contribution in [2.45, 2.75) is 13.0 Å². The number of hydrogen-bond acceptors (Lipinski definition) is 7. The molecule has 20 heavy (non-hydrogen) atoms. The van der Waals surface area contributed by atoms with Crippen molar-refractivity contribution in [3.05, 3.63) is 0 Å². The molecule has 1 rings (SSSR count). The Morgan fingerprint density at radius 3 is 1.95 bits per heavy atom. The van der Waals surface area contributed by atoms with E-state index >= 15 is 0 Å². The third-order valence-electron chi connectivity index (χ3n) is 2.47. The molecule has 0 amide bonds. The van der Waals surface area contributed by atoms with E-state index in [1.54, 1.807) is 0 Å². The molecule has 0 spiro atoms. The molecule has 7 nitrogen and oxygen atoms in total. The third-order valence-corrected chi connectivity index (χ3v) is 2.47. The van der Waals surface area contributed by atoms with Gasteiger partial charge in [-0.2, -0.15) is 0 Å². The van der Waals surface area contributed by atoms with Gasteiger partial charge in [-0.25, -0.2) is 0 Å². The maximum Gasteiger partial charge on any atom is 0.302 e. The van der Waals surface area contributed by atoms with Gasteiger partial charge in [-0.05, 0) is 0 Å². The predicted octanol–water partition coefficient (Wildman–Crippen LogP) is 0.0147. The molecular weight excluding hydrogens is 268 g/mol. The van der Waals surface area contributed by atoms with Crippen molar-refractivity contribution in [3.8, 4) is 0 Å². The van der Waals surface area contributed by atoms with E-state index in [9.17, 15) is 4.79 Å². The van der Waals surface area contributed by atoms with Gasteiger partial charge < -0.3 is 28.4 Å². The van der Waals surface area contributed by atoms with Crippen LogP contribution in [0.1, 0.15) is 6.92 Å². The van der Waals surface area contributed by atoms with Crippen LogP contribution in [0.4, 0.5) is 0 Å². The summed E-state index contributed by atoms with van der Waals surface area (Å²) in [5.74, 6) is -0.332. The van der Waals surface area contributed by atoms with Crippen molar-refractivity contribution in [2.24, 2.45) is 0 Å². The molecular formula is C13H24O7. The monoisotopic (exact) mass is 292 g/mol. The second-order valence-electron chi connectivity index (χ2n) is 4.21. The first-order chi connectivity index (χ1) is 9.79. The van der Waals surface area contributed by atoms with Crippen LogP contribution in [0.5, 0.6) is 0 Å². The van der Waals surface area contributed by atoms with Crippen molar-refractivity contribution in [1.29, 1.82) is 0 Å². The van der Waals surface area contributed by atoms with E-state index in [0.29, 0.717) is 59.5 Å². The van der Waals surface area contributed by atoms with Crippen LogP contribution in [0.3, 0.4) is 0 Å². The first-order valence-corrected chi connectivity index (χ1v) is 6.85. The lowest BCUT2D eigenvalue weighted by Gasteiger charge is -2.17. The van der Waals surface area contributed by atoms with Crippen LogP contribution >= 0.6 is 0 Å². The highest BCUT2D eigenvalue weighted by molar-refractivity contribution is 5.65. The van der Waals surface area contributed by atoms with Crippen LogP contribution in [-0.2, 0) is 33.2 Å². The Morgan fingerprint density at radius 1 is 0.900 bits per heavy atom. The highest BCUT2D eigenvalue weighted by atomic mass is 16.6. The van der Waals surface area contributed by atoms with Crippen LogP contribution in [0.2, 0.25) is 0 Å². The van der Waals surface area contributed by atoms with Crippen LogP contribution in [0.15, 0.2) is 0 Å². The van der Waals surface area contributed by atoms with E-state index in [-0.39, 0.29) is 18.7 Å². The first kappa shape index (κ1) is 17.3. The summed E-state index contributed by atoms with van der Waals surface area (Å²) < 4.78 is 31.9. The lowest BCUT2D eigenvalue weighted by Crippen LogP contribution is -2.29. The summed E-state index contributed by atoms with van der Waals surface area (Å²) in [5, 5.41) is 0. The summed E-state index contributed by atoms with van der Waals surface area (Å²) in [6.45, 7) is 5.91. The quantitative estimate of drug-likeness (QED) is 0.664. The van der Waals surface area contributed by atoms with E-state index in [1.807, 2.05) is 0 Å². The van der Waals surface area contributed by atoms with Crippen LogP contribution in [0, 0.1) is 0 Å². The summed E-state index contributed by atoms with van der Waals surface area (Å²) in [5.41, 5.74) is 0. The summed E-state index contributed by atoms with van der Waals surface area (Å²) >= 11 is 0. The minimum absolute atomic E-state index is 0.180. The topological polar surface area (TPSA) is 72.5 Å². The fourth-order valence-electron chi connectivity index (χ4n) is 1.50. The highest BCUT2D eigenvalue weighted by Crippen LogP contribution is 1.97. The van der Waals surface area contributed by atoms with Gasteiger partial charge in [0.15, 0.2) is 0 Å². The van der Waals surface area contributed by atoms with Gasteiger partial charge in [0.25, 0.3) is 0 Å². The lowest BCUT2D eigenvalue weighted by molar-refractivity contribution is -0.148. The Morgan fingerprint density at radius 2 is 1.40 bits per heavy atom. The molecule has 0 radical (unpaired) electrons. The molecule has 1 aliphatic heterocycles. The molecule has 1 unspecified atom stereocenters. The Bertz CT molecular complexity index is 231. The van der Waals surface area contributed by atoms with Crippen LogP contribution in [-0.4, -0.2) is 78.1 Å². The Labute approximate surface area is 119 Å². The van der Waals surface area contributed by atoms with E-state index in [2.05, 4.69) is 0 Å². The number of hydrogen-bond donors (Lipinski definition) is 0. The van der Waals surface area contributed by atoms with Gasteiger partial charge in [-0.3, -0.25) is 4.79 Å². The Balaban J connectivity index is 2.26. The normalized spacial score (nSPS) is 24.4. The minimum atomic E-state index is -0.332. The maximum absolute atomic E-state index is 10.8. The summed E-state index contributed by atoms with van der Waals surface area (Å²) in [6.07, 6.45) is -0.288. The van der Waals surface area contributed by atoms with Gasteiger partial charge in [0, 0.05) is 6.92 Å². The average molecular weight is 292 g/mol. The largest absolute Gasteiger partial charge is 0.463 e. The molecule has 0 aliphatic carbocycles. The molecule has 0 bridgehead atoms. The molecule has 0 aromatic rings. The fraction of sp³-hybridized carbons (Fsp3) is 0.923. The third kappa shape index (κ3) is 10.1. The zero-order valence-electron chi connectivity index (χ0n) is 12.0. The zero-order valence-corrected chi connectivity index (χ0v) is 12.0. The molecule has 1 fully saturated rings. The SMILES string of the molecule is CC(=O)OCC1COCCOCCOCCOCCO1. The van der Waals surface area contributed by atoms with Crippen molar-refractivity contribution in [3.63, 3.8) is 0 Å². The van der Waals surface area contributed by atoms with E-state index in [4.69, 9.17) is 28.4 Å². The molecule has 7 heteroatoms. The molecule has 0 saturated carbocycles. The number of carbonyl (C=O) groups excluding carboxylic acids is 1. The van der Waals surface area contributed by atoms with E-state index in [1.165, 1.54) is 6.92 Å². The molecule has 118 valence electrons. The molecule has 0 N–H and O–H groups in total. The number of ether oxygens (including phenoxy) is 6. The Kier molecular flexibility index (Phi) is 10.4. The molecule has 1 heterocycles. The van der Waals surface area contributed by atoms with Gasteiger partial charge in [-0.1, -0.05) is 0 Å². The van der Waals surface area contributed by atoms with Gasteiger partial charge in [0.2, 0.25) is 0 Å². The molecule has 0 aromatic heterocycles. The Hall–Kier alpha value is -0.730. The van der Waals surface area contributed by atoms with Gasteiger partial charge in [0.1, 0.15) is 12.7 Å². The average Bonchev–Trinajstić information content (AvgIpc) is 2.44. The highest BCUT2D eigenvalue weighted by Gasteiger charge is 2.11.